The van der Waals surface area contributed by atoms with Crippen molar-refractivity contribution in [1.82, 2.24) is 20.5 Å². The predicted octanol–water partition coefficient (Wildman–Crippen LogP) is 1.16. The summed E-state index contributed by atoms with van der Waals surface area (Å²) in [5.41, 5.74) is 1.73. The van der Waals surface area contributed by atoms with Crippen molar-refractivity contribution in [2.75, 3.05) is 11.9 Å². The maximum absolute atomic E-state index is 11.9. The first-order valence-corrected chi connectivity index (χ1v) is 6.33. The van der Waals surface area contributed by atoms with E-state index in [4.69, 9.17) is 0 Å². The molecule has 1 unspecified atom stereocenters. The number of benzene rings is 1. The Labute approximate surface area is 110 Å². The molecule has 6 heteroatoms. The number of nitrogens with zero attached hydrogens (tertiary/aromatic N) is 2. The highest BCUT2D eigenvalue weighted by atomic mass is 16.2. The molecular weight excluding hydrogens is 242 g/mol. The smallest absolute Gasteiger partial charge is 0.241 e. The largest absolute Gasteiger partial charge is 0.325 e. The molecule has 1 aromatic carbocycles. The Morgan fingerprint density at radius 2 is 2.16 bits per heavy atom. The summed E-state index contributed by atoms with van der Waals surface area (Å²) in [5, 5.41) is 12.7. The van der Waals surface area contributed by atoms with Crippen LogP contribution in [0.4, 0.5) is 5.69 Å². The zero-order valence-electron chi connectivity index (χ0n) is 10.4. The number of hydrogen-bond donors (Lipinski definition) is 3. The molecular formula is C13H15N5O. The molecule has 19 heavy (non-hydrogen) atoms. The summed E-state index contributed by atoms with van der Waals surface area (Å²) >= 11 is 0. The van der Waals surface area contributed by atoms with E-state index in [-0.39, 0.29) is 11.9 Å². The van der Waals surface area contributed by atoms with E-state index in [9.17, 15) is 4.79 Å². The minimum atomic E-state index is -0.0612. The Hall–Kier alpha value is -2.21. The SMILES string of the molecule is O=C(Nc1ccc(-c2ncn[nH]2)cc1)C1CCCN1. The van der Waals surface area contributed by atoms with Gasteiger partial charge in [-0.1, -0.05) is 0 Å². The van der Waals surface area contributed by atoms with Crippen LogP contribution in [0.15, 0.2) is 30.6 Å². The number of carbonyl (C=O) groups excluding carboxylic acids is 1. The molecule has 2 heterocycles. The van der Waals surface area contributed by atoms with E-state index in [1.807, 2.05) is 24.3 Å². The molecule has 2 aromatic rings. The van der Waals surface area contributed by atoms with Crippen molar-refractivity contribution in [1.29, 1.82) is 0 Å². The Balaban J connectivity index is 1.67. The lowest BCUT2D eigenvalue weighted by Crippen LogP contribution is -2.35. The highest BCUT2D eigenvalue weighted by molar-refractivity contribution is 5.95. The van der Waals surface area contributed by atoms with Gasteiger partial charge in [0.25, 0.3) is 0 Å². The van der Waals surface area contributed by atoms with Gasteiger partial charge in [-0.05, 0) is 43.7 Å². The summed E-state index contributed by atoms with van der Waals surface area (Å²) in [6, 6.07) is 7.47. The van der Waals surface area contributed by atoms with E-state index in [2.05, 4.69) is 25.8 Å². The number of hydrogen-bond acceptors (Lipinski definition) is 4. The maximum Gasteiger partial charge on any atom is 0.241 e. The molecule has 3 rings (SSSR count). The number of aromatic nitrogens is 3. The van der Waals surface area contributed by atoms with Crippen LogP contribution >= 0.6 is 0 Å². The molecule has 6 nitrogen and oxygen atoms in total. The van der Waals surface area contributed by atoms with Crippen molar-refractivity contribution in [3.8, 4) is 11.4 Å². The molecule has 0 saturated carbocycles. The number of nitrogens with one attached hydrogen (secondary N) is 3. The van der Waals surface area contributed by atoms with Crippen LogP contribution in [-0.2, 0) is 4.79 Å². The van der Waals surface area contributed by atoms with Gasteiger partial charge in [0.2, 0.25) is 5.91 Å². The van der Waals surface area contributed by atoms with Crippen LogP contribution in [0.1, 0.15) is 12.8 Å². The quantitative estimate of drug-likeness (QED) is 0.770. The van der Waals surface area contributed by atoms with Crippen LogP contribution in [0.5, 0.6) is 0 Å². The zero-order valence-corrected chi connectivity index (χ0v) is 10.4. The molecule has 98 valence electrons. The average molecular weight is 257 g/mol. The van der Waals surface area contributed by atoms with Gasteiger partial charge < -0.3 is 10.6 Å². The molecule has 0 radical (unpaired) electrons. The second kappa shape index (κ2) is 5.19. The second-order valence-corrected chi connectivity index (χ2v) is 4.55. The van der Waals surface area contributed by atoms with Gasteiger partial charge in [0.05, 0.1) is 6.04 Å². The number of amides is 1. The molecule has 0 bridgehead atoms. The first kappa shape index (κ1) is 11.9. The minimum Gasteiger partial charge on any atom is -0.325 e. The van der Waals surface area contributed by atoms with Crippen LogP contribution in [0.3, 0.4) is 0 Å². The van der Waals surface area contributed by atoms with Crippen molar-refractivity contribution in [3.05, 3.63) is 30.6 Å². The lowest BCUT2D eigenvalue weighted by Gasteiger charge is -2.11. The third-order valence-corrected chi connectivity index (χ3v) is 3.22. The Morgan fingerprint density at radius 3 is 2.79 bits per heavy atom. The van der Waals surface area contributed by atoms with Gasteiger partial charge in [-0.2, -0.15) is 5.10 Å². The summed E-state index contributed by atoms with van der Waals surface area (Å²) in [5.74, 6) is 0.750. The summed E-state index contributed by atoms with van der Waals surface area (Å²) in [6.45, 7) is 0.919. The van der Waals surface area contributed by atoms with E-state index in [1.165, 1.54) is 6.33 Å². The van der Waals surface area contributed by atoms with E-state index in [0.29, 0.717) is 0 Å². The van der Waals surface area contributed by atoms with Crippen molar-refractivity contribution in [2.45, 2.75) is 18.9 Å². The van der Waals surface area contributed by atoms with E-state index >= 15 is 0 Å². The standard InChI is InChI=1S/C13H15N5O/c19-13(11-2-1-7-14-11)17-10-5-3-9(4-6-10)12-15-8-16-18-12/h3-6,8,11,14H,1-2,7H2,(H,17,19)(H,15,16,18). The third-order valence-electron chi connectivity index (χ3n) is 3.22. The van der Waals surface area contributed by atoms with Gasteiger partial charge in [-0.3, -0.25) is 9.89 Å². The van der Waals surface area contributed by atoms with E-state index < -0.39 is 0 Å². The molecule has 1 fully saturated rings. The summed E-state index contributed by atoms with van der Waals surface area (Å²) in [7, 11) is 0. The Kier molecular flexibility index (Phi) is 3.24. The summed E-state index contributed by atoms with van der Waals surface area (Å²) in [4.78, 5) is 16.0. The van der Waals surface area contributed by atoms with Crippen LogP contribution in [-0.4, -0.2) is 33.7 Å². The van der Waals surface area contributed by atoms with Crippen LogP contribution < -0.4 is 10.6 Å². The summed E-state index contributed by atoms with van der Waals surface area (Å²) in [6.07, 6.45) is 3.43. The summed E-state index contributed by atoms with van der Waals surface area (Å²) < 4.78 is 0. The number of aromatic amines is 1. The lowest BCUT2D eigenvalue weighted by atomic mass is 10.2. The topological polar surface area (TPSA) is 82.7 Å². The van der Waals surface area contributed by atoms with E-state index in [0.717, 1.165) is 36.5 Å². The molecule has 0 aliphatic carbocycles. The van der Waals surface area contributed by atoms with Crippen LogP contribution in [0.25, 0.3) is 11.4 Å². The van der Waals surface area contributed by atoms with Gasteiger partial charge in [0.1, 0.15) is 6.33 Å². The van der Waals surface area contributed by atoms with Crippen molar-refractivity contribution >= 4 is 11.6 Å². The number of H-pyrrole nitrogens is 1. The van der Waals surface area contributed by atoms with Crippen molar-refractivity contribution < 1.29 is 4.79 Å². The molecule has 1 aliphatic rings. The van der Waals surface area contributed by atoms with Crippen LogP contribution in [0.2, 0.25) is 0 Å². The number of rotatable bonds is 3. The van der Waals surface area contributed by atoms with E-state index in [1.54, 1.807) is 0 Å². The Bertz CT molecular complexity index is 543. The maximum atomic E-state index is 11.9. The normalized spacial score (nSPS) is 18.4. The first-order chi connectivity index (χ1) is 9.33. The fraction of sp³-hybridized carbons (Fsp3) is 0.308. The molecule has 1 atom stereocenters. The van der Waals surface area contributed by atoms with Gasteiger partial charge >= 0.3 is 0 Å². The minimum absolute atomic E-state index is 0.0323. The average Bonchev–Trinajstić information content (AvgIpc) is 3.13. The molecule has 0 spiro atoms. The molecule has 1 aromatic heterocycles. The fourth-order valence-electron chi connectivity index (χ4n) is 2.19. The number of anilines is 1. The van der Waals surface area contributed by atoms with Gasteiger partial charge in [0.15, 0.2) is 5.82 Å². The second-order valence-electron chi connectivity index (χ2n) is 4.55. The third kappa shape index (κ3) is 2.63. The number of carbonyl (C=O) groups is 1. The monoisotopic (exact) mass is 257 g/mol. The van der Waals surface area contributed by atoms with Gasteiger partial charge in [-0.15, -0.1) is 0 Å². The predicted molar refractivity (Wildman–Crippen MR) is 71.5 cm³/mol. The van der Waals surface area contributed by atoms with Crippen LogP contribution in [0, 0.1) is 0 Å². The molecule has 3 N–H and O–H groups in total. The lowest BCUT2D eigenvalue weighted by molar-refractivity contribution is -0.117. The zero-order chi connectivity index (χ0) is 13.1. The van der Waals surface area contributed by atoms with Gasteiger partial charge in [-0.25, -0.2) is 4.98 Å². The highest BCUT2D eigenvalue weighted by Crippen LogP contribution is 2.17. The Morgan fingerprint density at radius 1 is 1.32 bits per heavy atom. The van der Waals surface area contributed by atoms with Crippen molar-refractivity contribution in [3.63, 3.8) is 0 Å². The molecule has 1 aliphatic heterocycles. The fourth-order valence-corrected chi connectivity index (χ4v) is 2.19. The highest BCUT2D eigenvalue weighted by Gasteiger charge is 2.21. The van der Waals surface area contributed by atoms with Gasteiger partial charge in [0, 0.05) is 11.3 Å². The first-order valence-electron chi connectivity index (χ1n) is 6.33. The molecule has 1 saturated heterocycles. The van der Waals surface area contributed by atoms with Crippen molar-refractivity contribution in [2.24, 2.45) is 0 Å². The molecule has 1 amide bonds.